The van der Waals surface area contributed by atoms with E-state index in [9.17, 15) is 9.59 Å². The first-order valence-corrected chi connectivity index (χ1v) is 4.47. The standard InChI is InChI=1S/C11H12O3/c1-2-10(11(13)14)9-5-3-8(7-12)4-6-9/h3-7,10H,2H2,1H3,(H,13,14). The molecular weight excluding hydrogens is 180 g/mol. The normalized spacial score (nSPS) is 12.1. The molecule has 0 aromatic heterocycles. The fraction of sp³-hybridized carbons (Fsp3) is 0.273. The quantitative estimate of drug-likeness (QED) is 0.743. The van der Waals surface area contributed by atoms with Crippen molar-refractivity contribution < 1.29 is 14.7 Å². The summed E-state index contributed by atoms with van der Waals surface area (Å²) in [4.78, 5) is 21.2. The van der Waals surface area contributed by atoms with Gasteiger partial charge in [0.25, 0.3) is 0 Å². The third-order valence-electron chi connectivity index (χ3n) is 2.18. The van der Waals surface area contributed by atoms with Gasteiger partial charge in [-0.1, -0.05) is 31.2 Å². The average molecular weight is 192 g/mol. The van der Waals surface area contributed by atoms with Gasteiger partial charge in [0.2, 0.25) is 0 Å². The smallest absolute Gasteiger partial charge is 0.310 e. The number of benzene rings is 1. The van der Waals surface area contributed by atoms with Crippen molar-refractivity contribution in [2.75, 3.05) is 0 Å². The van der Waals surface area contributed by atoms with Gasteiger partial charge in [0, 0.05) is 5.56 Å². The number of carboxylic acids is 1. The highest BCUT2D eigenvalue weighted by Crippen LogP contribution is 2.19. The Labute approximate surface area is 82.4 Å². The molecule has 0 aliphatic carbocycles. The number of aldehydes is 1. The highest BCUT2D eigenvalue weighted by Gasteiger charge is 2.16. The number of hydrogen-bond acceptors (Lipinski definition) is 2. The van der Waals surface area contributed by atoms with E-state index in [4.69, 9.17) is 5.11 Å². The first kappa shape index (κ1) is 10.4. The van der Waals surface area contributed by atoms with Crippen LogP contribution in [-0.2, 0) is 4.79 Å². The van der Waals surface area contributed by atoms with Crippen LogP contribution in [0.3, 0.4) is 0 Å². The van der Waals surface area contributed by atoms with E-state index in [0.29, 0.717) is 12.0 Å². The molecule has 14 heavy (non-hydrogen) atoms. The Balaban J connectivity index is 2.94. The molecule has 0 fully saturated rings. The largest absolute Gasteiger partial charge is 0.481 e. The van der Waals surface area contributed by atoms with Crippen LogP contribution in [0.4, 0.5) is 0 Å². The van der Waals surface area contributed by atoms with Crippen molar-refractivity contribution in [2.24, 2.45) is 0 Å². The highest BCUT2D eigenvalue weighted by molar-refractivity contribution is 5.78. The second-order valence-electron chi connectivity index (χ2n) is 3.08. The van der Waals surface area contributed by atoms with Gasteiger partial charge in [0.05, 0.1) is 5.92 Å². The molecule has 1 aromatic carbocycles. The summed E-state index contributed by atoms with van der Waals surface area (Å²) < 4.78 is 0. The fourth-order valence-corrected chi connectivity index (χ4v) is 1.36. The second-order valence-corrected chi connectivity index (χ2v) is 3.08. The summed E-state index contributed by atoms with van der Waals surface area (Å²) in [6.07, 6.45) is 1.29. The van der Waals surface area contributed by atoms with Crippen LogP contribution in [0.15, 0.2) is 24.3 Å². The minimum Gasteiger partial charge on any atom is -0.481 e. The van der Waals surface area contributed by atoms with Crippen LogP contribution in [0.5, 0.6) is 0 Å². The maximum Gasteiger partial charge on any atom is 0.310 e. The molecule has 0 amide bonds. The van der Waals surface area contributed by atoms with Crippen molar-refractivity contribution in [1.82, 2.24) is 0 Å². The Morgan fingerprint density at radius 3 is 2.36 bits per heavy atom. The van der Waals surface area contributed by atoms with E-state index in [1.165, 1.54) is 0 Å². The number of carbonyl (C=O) groups is 2. The Morgan fingerprint density at radius 1 is 1.43 bits per heavy atom. The first-order chi connectivity index (χ1) is 6.69. The number of carbonyl (C=O) groups excluding carboxylic acids is 1. The Bertz CT molecular complexity index is 327. The van der Waals surface area contributed by atoms with Gasteiger partial charge in [-0.05, 0) is 12.0 Å². The molecule has 0 radical (unpaired) electrons. The number of aliphatic carboxylic acids is 1. The van der Waals surface area contributed by atoms with Gasteiger partial charge in [-0.2, -0.15) is 0 Å². The zero-order valence-electron chi connectivity index (χ0n) is 7.93. The van der Waals surface area contributed by atoms with Crippen LogP contribution >= 0.6 is 0 Å². The molecule has 0 aliphatic heterocycles. The highest BCUT2D eigenvalue weighted by atomic mass is 16.4. The van der Waals surface area contributed by atoms with Crippen molar-refractivity contribution in [3.8, 4) is 0 Å². The average Bonchev–Trinajstić information content (AvgIpc) is 2.19. The molecule has 1 atom stereocenters. The minimum absolute atomic E-state index is 0.476. The molecule has 74 valence electrons. The maximum absolute atomic E-state index is 10.8. The predicted octanol–water partition coefficient (Wildman–Crippen LogP) is 2.08. The number of carboxylic acid groups (broad SMARTS) is 1. The van der Waals surface area contributed by atoms with Crippen LogP contribution in [-0.4, -0.2) is 17.4 Å². The molecule has 0 spiro atoms. The van der Waals surface area contributed by atoms with Crippen molar-refractivity contribution in [3.05, 3.63) is 35.4 Å². The molecule has 3 heteroatoms. The van der Waals surface area contributed by atoms with E-state index in [2.05, 4.69) is 0 Å². The number of rotatable bonds is 4. The van der Waals surface area contributed by atoms with Gasteiger partial charge >= 0.3 is 5.97 Å². The lowest BCUT2D eigenvalue weighted by Gasteiger charge is -2.09. The van der Waals surface area contributed by atoms with Gasteiger partial charge in [-0.25, -0.2) is 0 Å². The van der Waals surface area contributed by atoms with E-state index >= 15 is 0 Å². The molecule has 0 saturated carbocycles. The van der Waals surface area contributed by atoms with Crippen LogP contribution in [0.1, 0.15) is 35.2 Å². The van der Waals surface area contributed by atoms with Gasteiger partial charge in [-0.3, -0.25) is 9.59 Å². The first-order valence-electron chi connectivity index (χ1n) is 4.47. The minimum atomic E-state index is -0.827. The van der Waals surface area contributed by atoms with E-state index < -0.39 is 11.9 Å². The number of hydrogen-bond donors (Lipinski definition) is 1. The van der Waals surface area contributed by atoms with Crippen molar-refractivity contribution in [1.29, 1.82) is 0 Å². The molecule has 1 rings (SSSR count). The van der Waals surface area contributed by atoms with Gasteiger partial charge in [-0.15, -0.1) is 0 Å². The maximum atomic E-state index is 10.8. The van der Waals surface area contributed by atoms with Crippen molar-refractivity contribution >= 4 is 12.3 Å². The monoisotopic (exact) mass is 192 g/mol. The van der Waals surface area contributed by atoms with E-state index in [-0.39, 0.29) is 0 Å². The summed E-state index contributed by atoms with van der Waals surface area (Å²) in [6.45, 7) is 1.83. The third-order valence-corrected chi connectivity index (χ3v) is 2.18. The van der Waals surface area contributed by atoms with E-state index in [1.54, 1.807) is 24.3 Å². The molecular formula is C11H12O3. The molecule has 0 bridgehead atoms. The summed E-state index contributed by atoms with van der Waals surface area (Å²) in [5.41, 5.74) is 1.31. The molecule has 1 N–H and O–H groups in total. The van der Waals surface area contributed by atoms with Gasteiger partial charge in [0.1, 0.15) is 6.29 Å². The topological polar surface area (TPSA) is 54.4 Å². The van der Waals surface area contributed by atoms with Crippen molar-refractivity contribution in [2.45, 2.75) is 19.3 Å². The Morgan fingerprint density at radius 2 is 2.00 bits per heavy atom. The second kappa shape index (κ2) is 4.56. The summed E-state index contributed by atoms with van der Waals surface area (Å²) in [6, 6.07) is 6.64. The molecule has 0 aliphatic rings. The molecule has 0 saturated heterocycles. The Kier molecular flexibility index (Phi) is 3.40. The molecule has 0 heterocycles. The Hall–Kier alpha value is -1.64. The zero-order valence-corrected chi connectivity index (χ0v) is 7.93. The third kappa shape index (κ3) is 2.19. The van der Waals surface area contributed by atoms with Crippen LogP contribution in [0.25, 0.3) is 0 Å². The fourth-order valence-electron chi connectivity index (χ4n) is 1.36. The SMILES string of the molecule is CCC(C(=O)O)c1ccc(C=O)cc1. The molecule has 1 unspecified atom stereocenters. The summed E-state index contributed by atoms with van der Waals surface area (Å²) in [5, 5.41) is 8.88. The van der Waals surface area contributed by atoms with E-state index in [0.717, 1.165) is 11.8 Å². The lowest BCUT2D eigenvalue weighted by Crippen LogP contribution is -2.10. The van der Waals surface area contributed by atoms with Crippen LogP contribution < -0.4 is 0 Å². The predicted molar refractivity (Wildman–Crippen MR) is 52.5 cm³/mol. The molecule has 1 aromatic rings. The summed E-state index contributed by atoms with van der Waals surface area (Å²) >= 11 is 0. The lowest BCUT2D eigenvalue weighted by molar-refractivity contribution is -0.138. The summed E-state index contributed by atoms with van der Waals surface area (Å²) in [7, 11) is 0. The van der Waals surface area contributed by atoms with Gasteiger partial charge in [0.15, 0.2) is 0 Å². The molecule has 3 nitrogen and oxygen atoms in total. The van der Waals surface area contributed by atoms with Crippen LogP contribution in [0, 0.1) is 0 Å². The van der Waals surface area contributed by atoms with E-state index in [1.807, 2.05) is 6.92 Å². The zero-order chi connectivity index (χ0) is 10.6. The van der Waals surface area contributed by atoms with Crippen molar-refractivity contribution in [3.63, 3.8) is 0 Å². The van der Waals surface area contributed by atoms with Gasteiger partial charge < -0.3 is 5.11 Å². The lowest BCUT2D eigenvalue weighted by atomic mass is 9.96. The van der Waals surface area contributed by atoms with Crippen LogP contribution in [0.2, 0.25) is 0 Å². The summed E-state index contributed by atoms with van der Waals surface area (Å²) in [5.74, 6) is -1.30.